The molecule has 4 nitrogen and oxygen atoms in total. The Morgan fingerprint density at radius 1 is 1.56 bits per heavy atom. The van der Waals surface area contributed by atoms with Gasteiger partial charge in [-0.15, -0.1) is 0 Å². The number of primary amides is 1. The lowest BCUT2D eigenvalue weighted by Crippen LogP contribution is -2.41. The second-order valence-corrected chi connectivity index (χ2v) is 4.32. The Balaban J connectivity index is 2.12. The van der Waals surface area contributed by atoms with E-state index in [2.05, 4.69) is 9.88 Å². The number of carbonyl (C=O) groups excluding carboxylic acids is 1. The Kier molecular flexibility index (Phi) is 3.08. The first kappa shape index (κ1) is 10.9. The standard InChI is InChI=1S/C12H17N3O/c1-9-4-2-6-11(14-9)15-7-3-5-10(8-15)12(13)16/h2,4,6,10H,3,5,7-8H2,1H3,(H2,13,16). The highest BCUT2D eigenvalue weighted by molar-refractivity contribution is 5.77. The van der Waals surface area contributed by atoms with E-state index in [1.807, 2.05) is 25.1 Å². The first-order valence-electron chi connectivity index (χ1n) is 5.65. The Bertz CT molecular complexity index is 392. The number of rotatable bonds is 2. The SMILES string of the molecule is Cc1cccc(N2CCCC(C(N)=O)C2)n1. The Hall–Kier alpha value is -1.58. The summed E-state index contributed by atoms with van der Waals surface area (Å²) in [5, 5.41) is 0. The fourth-order valence-corrected chi connectivity index (χ4v) is 2.12. The molecule has 1 fully saturated rings. The van der Waals surface area contributed by atoms with Crippen molar-refractivity contribution in [2.75, 3.05) is 18.0 Å². The van der Waals surface area contributed by atoms with Crippen LogP contribution in [0, 0.1) is 12.8 Å². The van der Waals surface area contributed by atoms with Gasteiger partial charge in [-0.3, -0.25) is 4.79 Å². The summed E-state index contributed by atoms with van der Waals surface area (Å²) in [4.78, 5) is 17.8. The number of piperidine rings is 1. The summed E-state index contributed by atoms with van der Waals surface area (Å²) >= 11 is 0. The average molecular weight is 219 g/mol. The van der Waals surface area contributed by atoms with Crippen molar-refractivity contribution in [2.45, 2.75) is 19.8 Å². The van der Waals surface area contributed by atoms with E-state index >= 15 is 0 Å². The second-order valence-electron chi connectivity index (χ2n) is 4.32. The van der Waals surface area contributed by atoms with Crippen LogP contribution in [0.5, 0.6) is 0 Å². The van der Waals surface area contributed by atoms with Crippen LogP contribution < -0.4 is 10.6 Å². The molecule has 1 aliphatic rings. The predicted octanol–water partition coefficient (Wildman–Crippen LogP) is 1.09. The van der Waals surface area contributed by atoms with E-state index in [0.29, 0.717) is 6.54 Å². The van der Waals surface area contributed by atoms with E-state index in [0.717, 1.165) is 30.9 Å². The molecule has 0 bridgehead atoms. The third kappa shape index (κ3) is 2.32. The normalized spacial score (nSPS) is 20.8. The van der Waals surface area contributed by atoms with Crippen LogP contribution in [-0.4, -0.2) is 24.0 Å². The van der Waals surface area contributed by atoms with Crippen LogP contribution in [-0.2, 0) is 4.79 Å². The average Bonchev–Trinajstić information content (AvgIpc) is 2.29. The van der Waals surface area contributed by atoms with Gasteiger partial charge in [-0.25, -0.2) is 4.98 Å². The maximum Gasteiger partial charge on any atom is 0.222 e. The van der Waals surface area contributed by atoms with Crippen molar-refractivity contribution < 1.29 is 4.79 Å². The molecule has 1 aliphatic heterocycles. The molecule has 2 heterocycles. The summed E-state index contributed by atoms with van der Waals surface area (Å²) < 4.78 is 0. The summed E-state index contributed by atoms with van der Waals surface area (Å²) in [5.74, 6) is 0.722. The fraction of sp³-hybridized carbons (Fsp3) is 0.500. The highest BCUT2D eigenvalue weighted by atomic mass is 16.1. The molecule has 4 heteroatoms. The molecule has 0 aliphatic carbocycles. The minimum absolute atomic E-state index is 0.0314. The van der Waals surface area contributed by atoms with Crippen LogP contribution in [0.15, 0.2) is 18.2 Å². The number of pyridine rings is 1. The molecule has 1 amide bonds. The van der Waals surface area contributed by atoms with Gasteiger partial charge < -0.3 is 10.6 Å². The van der Waals surface area contributed by atoms with E-state index in [-0.39, 0.29) is 11.8 Å². The van der Waals surface area contributed by atoms with Gasteiger partial charge in [0.15, 0.2) is 0 Å². The molecule has 2 rings (SSSR count). The first-order chi connectivity index (χ1) is 7.66. The topological polar surface area (TPSA) is 59.2 Å². The number of amides is 1. The van der Waals surface area contributed by atoms with Gasteiger partial charge in [0, 0.05) is 18.8 Å². The van der Waals surface area contributed by atoms with E-state index in [1.54, 1.807) is 0 Å². The maximum atomic E-state index is 11.2. The molecule has 0 saturated carbocycles. The largest absolute Gasteiger partial charge is 0.369 e. The first-order valence-corrected chi connectivity index (χ1v) is 5.65. The highest BCUT2D eigenvalue weighted by Gasteiger charge is 2.24. The van der Waals surface area contributed by atoms with Gasteiger partial charge in [-0.2, -0.15) is 0 Å². The summed E-state index contributed by atoms with van der Waals surface area (Å²) in [6, 6.07) is 5.95. The molecule has 0 aromatic carbocycles. The van der Waals surface area contributed by atoms with E-state index in [1.165, 1.54) is 0 Å². The minimum atomic E-state index is -0.197. The Morgan fingerprint density at radius 2 is 2.38 bits per heavy atom. The van der Waals surface area contributed by atoms with Gasteiger partial charge in [-0.05, 0) is 31.9 Å². The van der Waals surface area contributed by atoms with Crippen molar-refractivity contribution in [1.82, 2.24) is 4.98 Å². The van der Waals surface area contributed by atoms with E-state index < -0.39 is 0 Å². The molecule has 16 heavy (non-hydrogen) atoms. The van der Waals surface area contributed by atoms with Gasteiger partial charge in [0.05, 0.1) is 5.92 Å². The highest BCUT2D eigenvalue weighted by Crippen LogP contribution is 2.21. The van der Waals surface area contributed by atoms with Gasteiger partial charge in [0.25, 0.3) is 0 Å². The lowest BCUT2D eigenvalue weighted by molar-refractivity contribution is -0.122. The number of hydrogen-bond donors (Lipinski definition) is 1. The minimum Gasteiger partial charge on any atom is -0.369 e. The van der Waals surface area contributed by atoms with Crippen LogP contribution in [0.1, 0.15) is 18.5 Å². The van der Waals surface area contributed by atoms with Crippen molar-refractivity contribution in [1.29, 1.82) is 0 Å². The van der Waals surface area contributed by atoms with Gasteiger partial charge in [0.2, 0.25) is 5.91 Å². The lowest BCUT2D eigenvalue weighted by Gasteiger charge is -2.32. The van der Waals surface area contributed by atoms with Crippen LogP contribution in [0.25, 0.3) is 0 Å². The number of aromatic nitrogens is 1. The Morgan fingerprint density at radius 3 is 3.06 bits per heavy atom. The second kappa shape index (κ2) is 4.51. The molecule has 1 aromatic rings. The number of aryl methyl sites for hydroxylation is 1. The summed E-state index contributed by atoms with van der Waals surface area (Å²) in [6.45, 7) is 3.63. The molecule has 86 valence electrons. The quantitative estimate of drug-likeness (QED) is 0.810. The van der Waals surface area contributed by atoms with E-state index in [9.17, 15) is 4.79 Å². The van der Waals surface area contributed by atoms with E-state index in [4.69, 9.17) is 5.73 Å². The van der Waals surface area contributed by atoms with Crippen LogP contribution in [0.2, 0.25) is 0 Å². The number of carbonyl (C=O) groups is 1. The smallest absolute Gasteiger partial charge is 0.222 e. The van der Waals surface area contributed by atoms with Gasteiger partial charge >= 0.3 is 0 Å². The third-order valence-corrected chi connectivity index (χ3v) is 3.02. The van der Waals surface area contributed by atoms with Crippen molar-refractivity contribution in [3.8, 4) is 0 Å². The molecule has 0 spiro atoms. The molecule has 2 N–H and O–H groups in total. The molecular weight excluding hydrogens is 202 g/mol. The number of hydrogen-bond acceptors (Lipinski definition) is 3. The fourth-order valence-electron chi connectivity index (χ4n) is 2.12. The molecule has 0 radical (unpaired) electrons. The number of nitrogens with zero attached hydrogens (tertiary/aromatic N) is 2. The zero-order valence-corrected chi connectivity index (χ0v) is 9.52. The number of nitrogens with two attached hydrogens (primary N) is 1. The zero-order valence-electron chi connectivity index (χ0n) is 9.52. The summed E-state index contributed by atoms with van der Waals surface area (Å²) in [6.07, 6.45) is 1.90. The summed E-state index contributed by atoms with van der Waals surface area (Å²) in [5.41, 5.74) is 6.35. The monoisotopic (exact) mass is 219 g/mol. The maximum absolute atomic E-state index is 11.2. The predicted molar refractivity (Wildman–Crippen MR) is 63.1 cm³/mol. The van der Waals surface area contributed by atoms with Gasteiger partial charge in [0.1, 0.15) is 5.82 Å². The zero-order chi connectivity index (χ0) is 11.5. The third-order valence-electron chi connectivity index (χ3n) is 3.02. The molecule has 1 aromatic heterocycles. The van der Waals surface area contributed by atoms with Crippen molar-refractivity contribution in [2.24, 2.45) is 11.7 Å². The lowest BCUT2D eigenvalue weighted by atomic mass is 9.97. The van der Waals surface area contributed by atoms with Crippen molar-refractivity contribution >= 4 is 11.7 Å². The molecule has 1 unspecified atom stereocenters. The van der Waals surface area contributed by atoms with Crippen molar-refractivity contribution in [3.63, 3.8) is 0 Å². The number of anilines is 1. The van der Waals surface area contributed by atoms with Crippen LogP contribution in [0.4, 0.5) is 5.82 Å². The molecular formula is C12H17N3O. The van der Waals surface area contributed by atoms with Crippen LogP contribution in [0.3, 0.4) is 0 Å². The van der Waals surface area contributed by atoms with Crippen LogP contribution >= 0.6 is 0 Å². The Labute approximate surface area is 95.5 Å². The summed E-state index contributed by atoms with van der Waals surface area (Å²) in [7, 11) is 0. The van der Waals surface area contributed by atoms with Gasteiger partial charge in [-0.1, -0.05) is 6.07 Å². The molecule has 1 atom stereocenters. The molecule has 1 saturated heterocycles. The van der Waals surface area contributed by atoms with Crippen molar-refractivity contribution in [3.05, 3.63) is 23.9 Å².